The number of hydrogen-bond donors (Lipinski definition) is 1. The second-order valence-corrected chi connectivity index (χ2v) is 3.78. The molecule has 2 rings (SSSR count). The molecule has 1 amide bonds. The maximum absolute atomic E-state index is 13.1. The SMILES string of the molecule is NC(=O)c1nc(N2CCCCC2)ncc1F. The van der Waals surface area contributed by atoms with Crippen LogP contribution in [-0.2, 0) is 0 Å². The highest BCUT2D eigenvalue weighted by molar-refractivity contribution is 5.91. The fourth-order valence-corrected chi connectivity index (χ4v) is 1.78. The van der Waals surface area contributed by atoms with Crippen molar-refractivity contribution in [2.45, 2.75) is 19.3 Å². The zero-order chi connectivity index (χ0) is 11.5. The second-order valence-electron chi connectivity index (χ2n) is 3.78. The van der Waals surface area contributed by atoms with E-state index in [2.05, 4.69) is 9.97 Å². The predicted octanol–water partition coefficient (Wildman–Crippen LogP) is 0.705. The minimum absolute atomic E-state index is 0.337. The summed E-state index contributed by atoms with van der Waals surface area (Å²) in [5.41, 5.74) is 4.69. The molecule has 6 heteroatoms. The summed E-state index contributed by atoms with van der Waals surface area (Å²) < 4.78 is 13.1. The van der Waals surface area contributed by atoms with Gasteiger partial charge in [-0.25, -0.2) is 14.4 Å². The summed E-state index contributed by atoms with van der Waals surface area (Å²) in [4.78, 5) is 20.6. The molecule has 1 aliphatic rings. The van der Waals surface area contributed by atoms with E-state index < -0.39 is 11.7 Å². The second kappa shape index (κ2) is 4.42. The third kappa shape index (κ3) is 2.10. The number of rotatable bonds is 2. The van der Waals surface area contributed by atoms with Gasteiger partial charge in [0.25, 0.3) is 5.91 Å². The molecule has 2 N–H and O–H groups in total. The van der Waals surface area contributed by atoms with Crippen LogP contribution in [0.25, 0.3) is 0 Å². The van der Waals surface area contributed by atoms with E-state index in [1.54, 1.807) is 0 Å². The lowest BCUT2D eigenvalue weighted by Gasteiger charge is -2.26. The van der Waals surface area contributed by atoms with Crippen LogP contribution in [0.1, 0.15) is 29.8 Å². The molecule has 16 heavy (non-hydrogen) atoms. The van der Waals surface area contributed by atoms with Crippen molar-refractivity contribution < 1.29 is 9.18 Å². The number of nitrogens with zero attached hydrogens (tertiary/aromatic N) is 3. The Balaban J connectivity index is 2.27. The lowest BCUT2D eigenvalue weighted by molar-refractivity contribution is 0.0991. The Morgan fingerprint density at radius 1 is 1.38 bits per heavy atom. The number of hydrogen-bond acceptors (Lipinski definition) is 4. The van der Waals surface area contributed by atoms with Gasteiger partial charge in [-0.05, 0) is 19.3 Å². The first-order chi connectivity index (χ1) is 7.68. The third-order valence-electron chi connectivity index (χ3n) is 2.60. The van der Waals surface area contributed by atoms with Gasteiger partial charge < -0.3 is 10.6 Å². The fraction of sp³-hybridized carbons (Fsp3) is 0.500. The Labute approximate surface area is 92.5 Å². The van der Waals surface area contributed by atoms with Crippen LogP contribution in [0, 0.1) is 5.82 Å². The fourth-order valence-electron chi connectivity index (χ4n) is 1.78. The van der Waals surface area contributed by atoms with Crippen molar-refractivity contribution in [3.63, 3.8) is 0 Å². The quantitative estimate of drug-likeness (QED) is 0.802. The number of aromatic nitrogens is 2. The number of halogens is 1. The molecule has 0 saturated carbocycles. The first kappa shape index (κ1) is 10.8. The van der Waals surface area contributed by atoms with Crippen molar-refractivity contribution >= 4 is 11.9 Å². The van der Waals surface area contributed by atoms with Crippen LogP contribution >= 0.6 is 0 Å². The molecule has 1 aromatic rings. The molecule has 0 atom stereocenters. The molecule has 5 nitrogen and oxygen atoms in total. The van der Waals surface area contributed by atoms with Gasteiger partial charge in [0.2, 0.25) is 5.95 Å². The minimum Gasteiger partial charge on any atom is -0.364 e. The molecule has 1 aliphatic heterocycles. The van der Waals surface area contributed by atoms with Crippen LogP contribution in [0.15, 0.2) is 6.20 Å². The summed E-state index contributed by atoms with van der Waals surface area (Å²) in [7, 11) is 0. The molecule has 0 unspecified atom stereocenters. The highest BCUT2D eigenvalue weighted by Crippen LogP contribution is 2.16. The van der Waals surface area contributed by atoms with Crippen molar-refractivity contribution in [3.8, 4) is 0 Å². The van der Waals surface area contributed by atoms with Crippen molar-refractivity contribution in [3.05, 3.63) is 17.7 Å². The van der Waals surface area contributed by atoms with Gasteiger partial charge >= 0.3 is 0 Å². The number of carbonyl (C=O) groups excluding carboxylic acids is 1. The Morgan fingerprint density at radius 3 is 2.69 bits per heavy atom. The van der Waals surface area contributed by atoms with Gasteiger partial charge in [-0.1, -0.05) is 0 Å². The Morgan fingerprint density at radius 2 is 2.06 bits per heavy atom. The normalized spacial score (nSPS) is 16.2. The number of anilines is 1. The van der Waals surface area contributed by atoms with Crippen LogP contribution < -0.4 is 10.6 Å². The predicted molar refractivity (Wildman–Crippen MR) is 56.6 cm³/mol. The molecule has 0 spiro atoms. The summed E-state index contributed by atoms with van der Waals surface area (Å²) >= 11 is 0. The first-order valence-electron chi connectivity index (χ1n) is 5.26. The average Bonchev–Trinajstić information content (AvgIpc) is 2.30. The summed E-state index contributed by atoms with van der Waals surface area (Å²) in [5, 5.41) is 0. The number of primary amides is 1. The summed E-state index contributed by atoms with van der Waals surface area (Å²) in [6, 6.07) is 0. The van der Waals surface area contributed by atoms with Crippen LogP contribution in [-0.4, -0.2) is 29.0 Å². The van der Waals surface area contributed by atoms with Gasteiger partial charge in [-0.2, -0.15) is 0 Å². The van der Waals surface area contributed by atoms with Gasteiger partial charge in [-0.15, -0.1) is 0 Å². The molecule has 1 saturated heterocycles. The van der Waals surface area contributed by atoms with E-state index in [0.717, 1.165) is 32.1 Å². The lowest BCUT2D eigenvalue weighted by atomic mass is 10.1. The van der Waals surface area contributed by atoms with Crippen molar-refractivity contribution in [2.75, 3.05) is 18.0 Å². The Hall–Kier alpha value is -1.72. The number of amides is 1. The number of carbonyl (C=O) groups is 1. The number of piperidine rings is 1. The standard InChI is InChI=1S/C10H13FN4O/c11-7-6-13-10(14-8(7)9(12)16)15-4-2-1-3-5-15/h6H,1-5H2,(H2,12,16). The lowest BCUT2D eigenvalue weighted by Crippen LogP contribution is -2.32. The maximum Gasteiger partial charge on any atom is 0.270 e. The van der Waals surface area contributed by atoms with E-state index >= 15 is 0 Å². The van der Waals surface area contributed by atoms with Gasteiger partial charge in [-0.3, -0.25) is 4.79 Å². The Kier molecular flexibility index (Phi) is 2.98. The molecule has 0 aromatic carbocycles. The van der Waals surface area contributed by atoms with E-state index in [4.69, 9.17) is 5.73 Å². The molecule has 0 bridgehead atoms. The van der Waals surface area contributed by atoms with E-state index in [1.165, 1.54) is 6.42 Å². The van der Waals surface area contributed by atoms with Crippen LogP contribution in [0.4, 0.5) is 10.3 Å². The van der Waals surface area contributed by atoms with Gasteiger partial charge in [0.15, 0.2) is 11.5 Å². The smallest absolute Gasteiger partial charge is 0.270 e. The average molecular weight is 224 g/mol. The minimum atomic E-state index is -0.863. The highest BCUT2D eigenvalue weighted by atomic mass is 19.1. The highest BCUT2D eigenvalue weighted by Gasteiger charge is 2.17. The van der Waals surface area contributed by atoms with E-state index in [-0.39, 0.29) is 5.69 Å². The van der Waals surface area contributed by atoms with E-state index in [0.29, 0.717) is 5.95 Å². The largest absolute Gasteiger partial charge is 0.364 e. The zero-order valence-electron chi connectivity index (χ0n) is 8.82. The molecule has 1 aromatic heterocycles. The molecular weight excluding hydrogens is 211 g/mol. The van der Waals surface area contributed by atoms with Gasteiger partial charge in [0.05, 0.1) is 6.20 Å². The summed E-state index contributed by atoms with van der Waals surface area (Å²) in [6.07, 6.45) is 4.30. The molecule has 0 aliphatic carbocycles. The zero-order valence-corrected chi connectivity index (χ0v) is 8.82. The monoisotopic (exact) mass is 224 g/mol. The topological polar surface area (TPSA) is 72.1 Å². The summed E-state index contributed by atoms with van der Waals surface area (Å²) in [5.74, 6) is -1.25. The first-order valence-corrected chi connectivity index (χ1v) is 5.26. The van der Waals surface area contributed by atoms with Gasteiger partial charge in [0.1, 0.15) is 0 Å². The van der Waals surface area contributed by atoms with E-state index in [1.807, 2.05) is 4.90 Å². The van der Waals surface area contributed by atoms with Crippen LogP contribution in [0.5, 0.6) is 0 Å². The summed E-state index contributed by atoms with van der Waals surface area (Å²) in [6.45, 7) is 1.67. The van der Waals surface area contributed by atoms with Crippen molar-refractivity contribution in [1.29, 1.82) is 0 Å². The van der Waals surface area contributed by atoms with E-state index in [9.17, 15) is 9.18 Å². The van der Waals surface area contributed by atoms with Crippen molar-refractivity contribution in [1.82, 2.24) is 9.97 Å². The maximum atomic E-state index is 13.1. The third-order valence-corrected chi connectivity index (χ3v) is 2.60. The molecule has 1 fully saturated rings. The van der Waals surface area contributed by atoms with Crippen molar-refractivity contribution in [2.24, 2.45) is 5.73 Å². The molecule has 86 valence electrons. The van der Waals surface area contributed by atoms with Gasteiger partial charge in [0, 0.05) is 13.1 Å². The number of nitrogens with two attached hydrogens (primary N) is 1. The molecule has 0 radical (unpaired) electrons. The van der Waals surface area contributed by atoms with Crippen LogP contribution in [0.2, 0.25) is 0 Å². The van der Waals surface area contributed by atoms with Crippen LogP contribution in [0.3, 0.4) is 0 Å². The molecule has 2 heterocycles. The molecular formula is C10H13FN4O. The Bertz CT molecular complexity index is 404.